The number of ether oxygens (including phenoxy) is 1. The van der Waals surface area contributed by atoms with E-state index in [-0.39, 0.29) is 22.5 Å². The molecule has 3 aliphatic heterocycles. The number of amides is 3. The van der Waals surface area contributed by atoms with Crippen LogP contribution < -0.4 is 30.7 Å². The lowest BCUT2D eigenvalue weighted by atomic mass is 9.84. The first-order valence-electron chi connectivity index (χ1n) is 17.7. The van der Waals surface area contributed by atoms with Gasteiger partial charge in [-0.05, 0) is 57.9 Å². The zero-order valence-corrected chi connectivity index (χ0v) is 32.9. The Labute approximate surface area is 326 Å². The van der Waals surface area contributed by atoms with Crippen molar-refractivity contribution in [2.24, 2.45) is 11.1 Å². The Morgan fingerprint density at radius 2 is 1.96 bits per heavy atom. The van der Waals surface area contributed by atoms with Gasteiger partial charge in [0.15, 0.2) is 17.4 Å². The highest BCUT2D eigenvalue weighted by molar-refractivity contribution is 7.80. The number of carbonyl (C=O) groups excluding carboxylic acids is 3. The summed E-state index contributed by atoms with van der Waals surface area (Å²) >= 11 is 0.950. The lowest BCUT2D eigenvalue weighted by Crippen LogP contribution is -2.76. The van der Waals surface area contributed by atoms with Crippen LogP contribution in [0.3, 0.4) is 0 Å². The van der Waals surface area contributed by atoms with Crippen molar-refractivity contribution in [3.8, 4) is 5.75 Å². The summed E-state index contributed by atoms with van der Waals surface area (Å²) in [6, 6.07) is 3.51. The fraction of sp³-hybridized carbons (Fsp3) is 0.500. The van der Waals surface area contributed by atoms with Crippen LogP contribution in [0, 0.1) is 5.92 Å². The zero-order valence-electron chi connectivity index (χ0n) is 31.3. The minimum absolute atomic E-state index is 0.0439. The third-order valence-corrected chi connectivity index (χ3v) is 10.9. The number of unbranched alkanes of at least 4 members (excludes halogenated alkanes) is 1. The third kappa shape index (κ3) is 8.05. The quantitative estimate of drug-likeness (QED) is 0.0416. The van der Waals surface area contributed by atoms with Gasteiger partial charge in [-0.25, -0.2) is 9.78 Å². The number of nitrogens with two attached hydrogens (primary N) is 1. The zero-order chi connectivity index (χ0) is 40.7. The summed E-state index contributed by atoms with van der Waals surface area (Å²) in [6.45, 7) is 11.7. The van der Waals surface area contributed by atoms with Crippen molar-refractivity contribution in [2.45, 2.75) is 83.8 Å². The Morgan fingerprint density at radius 1 is 1.23 bits per heavy atom. The number of β-lactam (4-membered cyclic amide) rings is 1. The number of aryl methyl sites for hydroxylation is 1. The molecule has 0 radical (unpaired) electrons. The van der Waals surface area contributed by atoms with E-state index in [1.165, 1.54) is 19.2 Å². The van der Waals surface area contributed by atoms with Crippen LogP contribution >= 0.6 is 11.3 Å². The molecule has 0 saturated carbocycles. The van der Waals surface area contributed by atoms with E-state index >= 15 is 0 Å². The molecule has 1 aromatic carbocycles. The van der Waals surface area contributed by atoms with E-state index in [0.717, 1.165) is 56.0 Å². The average molecular weight is 819 g/mol. The number of carboxylic acids is 1. The number of anilines is 2. The summed E-state index contributed by atoms with van der Waals surface area (Å²) < 4.78 is 45.9. The smallest absolute Gasteiger partial charge is 0.418 e. The number of hydroxylamine groups is 2. The second kappa shape index (κ2) is 15.4. The monoisotopic (exact) mass is 818 g/mol. The van der Waals surface area contributed by atoms with Gasteiger partial charge in [-0.1, -0.05) is 18.5 Å². The molecule has 22 heteroatoms. The minimum atomic E-state index is -5.04. The number of oxime groups is 1. The molecule has 6 rings (SSSR count). The van der Waals surface area contributed by atoms with Gasteiger partial charge >= 0.3 is 16.4 Å². The summed E-state index contributed by atoms with van der Waals surface area (Å²) in [5.74, 6) is -2.95. The predicted octanol–water partition coefficient (Wildman–Crippen LogP) is 0.822. The summed E-state index contributed by atoms with van der Waals surface area (Å²) in [4.78, 5) is 63.3. The summed E-state index contributed by atoms with van der Waals surface area (Å²) in [5, 5.41) is 21.2. The van der Waals surface area contributed by atoms with Crippen LogP contribution in [0.2, 0.25) is 0 Å². The number of carboxylic acid groups (broad SMARTS) is 1. The van der Waals surface area contributed by atoms with Crippen LogP contribution in [-0.4, -0.2) is 99.6 Å². The molecule has 3 aromatic rings. The van der Waals surface area contributed by atoms with Gasteiger partial charge in [0.05, 0.1) is 23.8 Å². The van der Waals surface area contributed by atoms with E-state index in [0.29, 0.717) is 22.1 Å². The molecule has 0 spiro atoms. The van der Waals surface area contributed by atoms with Gasteiger partial charge in [-0.2, -0.15) is 18.2 Å². The largest absolute Gasteiger partial charge is 0.489 e. The van der Waals surface area contributed by atoms with Gasteiger partial charge in [-0.15, -0.1) is 20.3 Å². The van der Waals surface area contributed by atoms with Crippen molar-refractivity contribution in [1.82, 2.24) is 25.4 Å². The van der Waals surface area contributed by atoms with Gasteiger partial charge in [0, 0.05) is 30.0 Å². The number of carbonyl (C=O) groups is 4. The molecule has 20 nitrogen and oxygen atoms in total. The molecule has 5 heterocycles. The maximum absolute atomic E-state index is 13.9. The van der Waals surface area contributed by atoms with Gasteiger partial charge in [0.1, 0.15) is 29.8 Å². The highest BCUT2D eigenvalue weighted by Gasteiger charge is 2.58. The van der Waals surface area contributed by atoms with E-state index in [4.69, 9.17) is 19.9 Å². The van der Waals surface area contributed by atoms with Crippen LogP contribution in [0.4, 0.5) is 10.8 Å². The van der Waals surface area contributed by atoms with E-state index in [2.05, 4.69) is 41.3 Å². The number of aromatic nitrogens is 3. The van der Waals surface area contributed by atoms with Crippen molar-refractivity contribution in [3.05, 3.63) is 52.8 Å². The van der Waals surface area contributed by atoms with Crippen molar-refractivity contribution >= 4 is 62.0 Å². The van der Waals surface area contributed by atoms with Crippen LogP contribution in [-0.2, 0) is 52.5 Å². The Bertz CT molecular complexity index is 2180. The first kappa shape index (κ1) is 40.5. The molecule has 0 bridgehead atoms. The standard InChI is InChI=1S/C34H43N9O11S2/c1-6-7-10-40-15-20(16-41(40)14-19-12-36-13-19)42-29(45)22-9-8-21(11-23(22)33(42,2)3)52-17-25(31(47)48)53-39-26(24-18-55-32(35)37-24)28(44)38-27-30(46)43(34(27,4)5)54-56(49,50)51/h8-9,11,15-16,18-19,25,27,36H,6-7,10,12-14,17H2,1-5H3,(H4-,35,37,38,44,47,48,49,50,51)/p+1/b39-26-/t25-,27+/m0/s1. The Balaban J connectivity index is 1.17. The van der Waals surface area contributed by atoms with E-state index in [9.17, 15) is 32.7 Å². The highest BCUT2D eigenvalue weighted by atomic mass is 32.3. The van der Waals surface area contributed by atoms with Crippen molar-refractivity contribution in [1.29, 1.82) is 0 Å². The van der Waals surface area contributed by atoms with Gasteiger partial charge in [0.25, 0.3) is 23.8 Å². The first-order valence-corrected chi connectivity index (χ1v) is 20.0. The number of rotatable bonds is 17. The Morgan fingerprint density at radius 3 is 2.55 bits per heavy atom. The van der Waals surface area contributed by atoms with Crippen LogP contribution in [0.1, 0.15) is 69.1 Å². The normalized spacial score (nSPS) is 19.6. The third-order valence-electron chi connectivity index (χ3n) is 9.89. The summed E-state index contributed by atoms with van der Waals surface area (Å²) in [5.41, 5.74) is 4.77. The Hall–Kier alpha value is -5.16. The van der Waals surface area contributed by atoms with E-state index in [1.807, 2.05) is 26.2 Å². The lowest BCUT2D eigenvalue weighted by Gasteiger charge is -2.50. The van der Waals surface area contributed by atoms with Crippen LogP contribution in [0.25, 0.3) is 0 Å². The number of hydrogen-bond acceptors (Lipinski definition) is 14. The van der Waals surface area contributed by atoms with Crippen molar-refractivity contribution in [3.63, 3.8) is 0 Å². The molecule has 0 unspecified atom stereocenters. The van der Waals surface area contributed by atoms with Crippen LogP contribution in [0.15, 0.2) is 41.1 Å². The van der Waals surface area contributed by atoms with E-state index in [1.54, 1.807) is 23.1 Å². The van der Waals surface area contributed by atoms with Crippen LogP contribution in [0.5, 0.6) is 5.75 Å². The first-order chi connectivity index (χ1) is 26.3. The number of nitrogens with zero attached hydrogens (tertiary/aromatic N) is 6. The minimum Gasteiger partial charge on any atom is -0.489 e. The highest BCUT2D eigenvalue weighted by Crippen LogP contribution is 2.43. The number of thiazole rings is 1. The molecule has 6 N–H and O–H groups in total. The lowest BCUT2D eigenvalue weighted by molar-refractivity contribution is -0.781. The SMILES string of the molecule is CCCCn1cc(N2C(=O)c3ccc(OC[C@H](O/N=C(\C(=O)N[C@@H]4C(=O)N(OS(=O)(=O)O)C4(C)C)c4csc(N)n4)C(=O)O)cc3C2(C)C)c[n+]1CC1CNC1. The fourth-order valence-electron chi connectivity index (χ4n) is 6.71. The fourth-order valence-corrected chi connectivity index (χ4v) is 7.71. The number of benzene rings is 1. The number of nitrogens with one attached hydrogen (secondary N) is 2. The molecule has 2 atom stereocenters. The number of fused-ring (bicyclic) bond motifs is 1. The molecule has 2 fully saturated rings. The maximum Gasteiger partial charge on any atom is 0.418 e. The molecule has 2 aromatic heterocycles. The molecular formula is C34H44N9O11S2+. The molecule has 2 saturated heterocycles. The molecule has 302 valence electrons. The molecule has 0 aliphatic carbocycles. The predicted molar refractivity (Wildman–Crippen MR) is 199 cm³/mol. The number of hydrogen-bond donors (Lipinski definition) is 5. The summed E-state index contributed by atoms with van der Waals surface area (Å²) in [6.07, 6.45) is 4.29. The molecule has 3 aliphatic rings. The van der Waals surface area contributed by atoms with E-state index < -0.39 is 63.7 Å². The van der Waals surface area contributed by atoms with Gasteiger partial charge < -0.3 is 31.0 Å². The van der Waals surface area contributed by atoms with Crippen molar-refractivity contribution in [2.75, 3.05) is 30.3 Å². The average Bonchev–Trinajstić information content (AvgIpc) is 3.77. The molecule has 56 heavy (non-hydrogen) atoms. The Kier molecular flexibility index (Phi) is 11.1. The molecule has 3 amide bonds. The number of aliphatic carboxylic acids is 1. The number of nitrogen functional groups attached to an aromatic ring is 1. The van der Waals surface area contributed by atoms with Gasteiger partial charge in [-0.3, -0.25) is 23.8 Å². The topological polar surface area (TPSA) is 261 Å². The second-order valence-corrected chi connectivity index (χ2v) is 16.6. The maximum atomic E-state index is 13.9. The molecular weight excluding hydrogens is 775 g/mol. The second-order valence-electron chi connectivity index (χ2n) is 14.7. The summed E-state index contributed by atoms with van der Waals surface area (Å²) in [7, 11) is -5.04. The van der Waals surface area contributed by atoms with Crippen molar-refractivity contribution < 1.29 is 55.8 Å². The van der Waals surface area contributed by atoms with Gasteiger partial charge in [0.2, 0.25) is 6.20 Å².